The van der Waals surface area contributed by atoms with E-state index in [2.05, 4.69) is 30.3 Å². The van der Waals surface area contributed by atoms with Crippen molar-refractivity contribution in [2.45, 2.75) is 13.5 Å². The smallest absolute Gasteiger partial charge is 0.330 e. The Morgan fingerprint density at radius 1 is 0.909 bits per heavy atom. The van der Waals surface area contributed by atoms with E-state index in [1.165, 1.54) is 6.08 Å². The van der Waals surface area contributed by atoms with Crippen molar-refractivity contribution in [3.8, 4) is 22.6 Å². The third-order valence-corrected chi connectivity index (χ3v) is 5.24. The van der Waals surface area contributed by atoms with E-state index >= 15 is 0 Å². The summed E-state index contributed by atoms with van der Waals surface area (Å²) in [7, 11) is 1.70. The molecule has 0 radical (unpaired) electrons. The standard InChI is InChI=1S/C29H26O4/c1-3-32-27(30)18-15-21-13-16-25(17-14-21)33-29-26-12-8-7-11-23(26)19-24(20-31-2)28(29)22-9-5-4-6-10-22/h4-19H,3,20H2,1-2H3. The van der Waals surface area contributed by atoms with Crippen LogP contribution in [0.1, 0.15) is 18.1 Å². The van der Waals surface area contributed by atoms with E-state index in [0.29, 0.717) is 19.0 Å². The minimum absolute atomic E-state index is 0.355. The Kier molecular flexibility index (Phi) is 7.18. The molecule has 0 spiro atoms. The summed E-state index contributed by atoms with van der Waals surface area (Å²) in [6.45, 7) is 2.62. The fourth-order valence-corrected chi connectivity index (χ4v) is 3.79. The highest BCUT2D eigenvalue weighted by Gasteiger charge is 2.17. The largest absolute Gasteiger partial charge is 0.463 e. The van der Waals surface area contributed by atoms with E-state index < -0.39 is 0 Å². The average Bonchev–Trinajstić information content (AvgIpc) is 2.84. The number of esters is 1. The molecule has 0 atom stereocenters. The predicted molar refractivity (Wildman–Crippen MR) is 132 cm³/mol. The SMILES string of the molecule is CCOC(=O)C=Cc1ccc(Oc2c(-c3ccccc3)c(COC)cc3ccccc23)cc1. The Hall–Kier alpha value is -3.89. The van der Waals surface area contributed by atoms with Gasteiger partial charge in [-0.15, -0.1) is 0 Å². The van der Waals surface area contributed by atoms with Crippen molar-refractivity contribution in [3.63, 3.8) is 0 Å². The summed E-state index contributed by atoms with van der Waals surface area (Å²) in [4.78, 5) is 11.6. The number of hydrogen-bond acceptors (Lipinski definition) is 4. The molecule has 0 N–H and O–H groups in total. The molecular weight excluding hydrogens is 412 g/mol. The Morgan fingerprint density at radius 2 is 1.64 bits per heavy atom. The summed E-state index contributed by atoms with van der Waals surface area (Å²) >= 11 is 0. The molecule has 4 rings (SSSR count). The van der Waals surface area contributed by atoms with Crippen LogP contribution in [0.4, 0.5) is 0 Å². The first-order valence-electron chi connectivity index (χ1n) is 10.9. The zero-order chi connectivity index (χ0) is 23.0. The normalized spacial score (nSPS) is 11.1. The number of carbonyl (C=O) groups is 1. The average molecular weight is 439 g/mol. The van der Waals surface area contributed by atoms with Gasteiger partial charge in [-0.05, 0) is 53.3 Å². The van der Waals surface area contributed by atoms with E-state index in [9.17, 15) is 4.79 Å². The molecule has 4 heteroatoms. The van der Waals surface area contributed by atoms with Crippen molar-refractivity contribution in [2.24, 2.45) is 0 Å². The molecule has 0 aromatic heterocycles. The first kappa shape index (κ1) is 22.3. The lowest BCUT2D eigenvalue weighted by molar-refractivity contribution is -0.137. The molecule has 0 saturated heterocycles. The number of rotatable bonds is 8. The van der Waals surface area contributed by atoms with Crippen LogP contribution in [0.3, 0.4) is 0 Å². The lowest BCUT2D eigenvalue weighted by Crippen LogP contribution is -1.98. The first-order valence-corrected chi connectivity index (χ1v) is 10.9. The van der Waals surface area contributed by atoms with Crippen LogP contribution in [0.5, 0.6) is 11.5 Å². The second-order valence-electron chi connectivity index (χ2n) is 7.52. The van der Waals surface area contributed by atoms with E-state index in [-0.39, 0.29) is 5.97 Å². The van der Waals surface area contributed by atoms with Gasteiger partial charge in [-0.1, -0.05) is 66.7 Å². The van der Waals surface area contributed by atoms with Gasteiger partial charge in [-0.3, -0.25) is 0 Å². The number of ether oxygens (including phenoxy) is 3. The van der Waals surface area contributed by atoms with E-state index in [0.717, 1.165) is 38.8 Å². The molecule has 166 valence electrons. The van der Waals surface area contributed by atoms with E-state index in [4.69, 9.17) is 14.2 Å². The van der Waals surface area contributed by atoms with Crippen LogP contribution in [-0.4, -0.2) is 19.7 Å². The Balaban J connectivity index is 1.76. The summed E-state index contributed by atoms with van der Waals surface area (Å²) in [6.07, 6.45) is 3.15. The van der Waals surface area contributed by atoms with Crippen LogP contribution >= 0.6 is 0 Å². The van der Waals surface area contributed by atoms with Crippen molar-refractivity contribution in [1.82, 2.24) is 0 Å². The first-order chi connectivity index (χ1) is 16.2. The third-order valence-electron chi connectivity index (χ3n) is 5.24. The van der Waals surface area contributed by atoms with Crippen LogP contribution in [0.15, 0.2) is 91.0 Å². The minimum Gasteiger partial charge on any atom is -0.463 e. The summed E-state index contributed by atoms with van der Waals surface area (Å²) in [5, 5.41) is 2.12. The second kappa shape index (κ2) is 10.6. The number of methoxy groups -OCH3 is 1. The molecule has 0 aliphatic heterocycles. The van der Waals surface area contributed by atoms with Crippen molar-refractivity contribution >= 4 is 22.8 Å². The molecule has 0 amide bonds. The van der Waals surface area contributed by atoms with E-state index in [1.54, 1.807) is 20.1 Å². The molecule has 0 saturated carbocycles. The van der Waals surface area contributed by atoms with E-state index in [1.807, 2.05) is 54.6 Å². The highest BCUT2D eigenvalue weighted by atomic mass is 16.5. The van der Waals surface area contributed by atoms with Gasteiger partial charge in [-0.2, -0.15) is 0 Å². The number of hydrogen-bond donors (Lipinski definition) is 0. The molecule has 4 aromatic rings. The molecule has 4 nitrogen and oxygen atoms in total. The van der Waals surface area contributed by atoms with Gasteiger partial charge < -0.3 is 14.2 Å². The highest BCUT2D eigenvalue weighted by molar-refractivity contribution is 5.97. The maximum absolute atomic E-state index is 11.6. The zero-order valence-corrected chi connectivity index (χ0v) is 18.8. The molecule has 0 aliphatic rings. The number of fused-ring (bicyclic) bond motifs is 1. The minimum atomic E-state index is -0.355. The van der Waals surface area contributed by atoms with Crippen LogP contribution in [0, 0.1) is 0 Å². The second-order valence-corrected chi connectivity index (χ2v) is 7.52. The molecular formula is C29H26O4. The maximum atomic E-state index is 11.6. The fraction of sp³-hybridized carbons (Fsp3) is 0.138. The molecule has 0 aliphatic carbocycles. The zero-order valence-electron chi connectivity index (χ0n) is 18.8. The van der Waals surface area contributed by atoms with Gasteiger partial charge in [0.05, 0.1) is 13.2 Å². The van der Waals surface area contributed by atoms with Crippen molar-refractivity contribution in [3.05, 3.63) is 102 Å². The summed E-state index contributed by atoms with van der Waals surface area (Å²) in [6, 6.07) is 28.2. The Morgan fingerprint density at radius 3 is 2.36 bits per heavy atom. The van der Waals surface area contributed by atoms with Gasteiger partial charge in [0, 0.05) is 24.1 Å². The molecule has 4 aromatic carbocycles. The Bertz CT molecular complexity index is 1260. The lowest BCUT2D eigenvalue weighted by atomic mass is 9.94. The summed E-state index contributed by atoms with van der Waals surface area (Å²) in [5.41, 5.74) is 4.03. The lowest BCUT2D eigenvalue weighted by Gasteiger charge is -2.19. The van der Waals surface area contributed by atoms with Crippen LogP contribution in [0.2, 0.25) is 0 Å². The van der Waals surface area contributed by atoms with Crippen molar-refractivity contribution in [1.29, 1.82) is 0 Å². The predicted octanol–water partition coefficient (Wildman–Crippen LogP) is 7.02. The number of carbonyl (C=O) groups excluding carboxylic acids is 1. The summed E-state index contributed by atoms with van der Waals surface area (Å²) < 4.78 is 17.0. The van der Waals surface area contributed by atoms with Gasteiger partial charge >= 0.3 is 5.97 Å². The van der Waals surface area contributed by atoms with Crippen molar-refractivity contribution in [2.75, 3.05) is 13.7 Å². The van der Waals surface area contributed by atoms with Crippen LogP contribution in [-0.2, 0) is 20.9 Å². The quantitative estimate of drug-likeness (QED) is 0.219. The summed E-state index contributed by atoms with van der Waals surface area (Å²) in [5.74, 6) is 1.15. The van der Waals surface area contributed by atoms with Gasteiger partial charge in [0.1, 0.15) is 11.5 Å². The molecule has 0 unspecified atom stereocenters. The van der Waals surface area contributed by atoms with Crippen molar-refractivity contribution < 1.29 is 19.0 Å². The van der Waals surface area contributed by atoms with Gasteiger partial charge in [0.15, 0.2) is 0 Å². The fourth-order valence-electron chi connectivity index (χ4n) is 3.79. The van der Waals surface area contributed by atoms with Crippen LogP contribution < -0.4 is 4.74 Å². The molecule has 0 heterocycles. The molecule has 0 bridgehead atoms. The molecule has 33 heavy (non-hydrogen) atoms. The third kappa shape index (κ3) is 5.30. The van der Waals surface area contributed by atoms with Gasteiger partial charge in [-0.25, -0.2) is 4.79 Å². The topological polar surface area (TPSA) is 44.8 Å². The van der Waals surface area contributed by atoms with Gasteiger partial charge in [0.2, 0.25) is 0 Å². The molecule has 0 fully saturated rings. The Labute approximate surface area is 194 Å². The maximum Gasteiger partial charge on any atom is 0.330 e. The highest BCUT2D eigenvalue weighted by Crippen LogP contribution is 2.42. The monoisotopic (exact) mass is 438 g/mol. The number of benzene rings is 4. The van der Waals surface area contributed by atoms with Gasteiger partial charge in [0.25, 0.3) is 0 Å². The van der Waals surface area contributed by atoms with Crippen LogP contribution in [0.25, 0.3) is 28.0 Å².